The first-order valence-electron chi connectivity index (χ1n) is 6.46. The van der Waals surface area contributed by atoms with Crippen molar-refractivity contribution in [2.45, 2.75) is 6.54 Å². The Labute approximate surface area is 139 Å². The molecule has 0 unspecified atom stereocenters. The number of aromatic nitrogens is 3. The number of carbonyl (C=O) groups is 1. The summed E-state index contributed by atoms with van der Waals surface area (Å²) < 4.78 is 0.901. The maximum atomic E-state index is 12.1. The van der Waals surface area contributed by atoms with E-state index in [0.29, 0.717) is 17.1 Å². The third-order valence-corrected chi connectivity index (χ3v) is 4.61. The Hall–Kier alpha value is -2.12. The van der Waals surface area contributed by atoms with E-state index in [1.807, 2.05) is 17.5 Å². The van der Waals surface area contributed by atoms with Gasteiger partial charge in [-0.05, 0) is 34.1 Å². The highest BCUT2D eigenvalue weighted by molar-refractivity contribution is 9.10. The van der Waals surface area contributed by atoms with Crippen molar-refractivity contribution in [3.63, 3.8) is 0 Å². The number of thiophene rings is 1. The van der Waals surface area contributed by atoms with Crippen molar-refractivity contribution in [2.75, 3.05) is 0 Å². The average Bonchev–Trinajstić information content (AvgIpc) is 3.00. The minimum Gasteiger partial charge on any atom is -0.346 e. The molecule has 0 atom stereocenters. The van der Waals surface area contributed by atoms with Crippen molar-refractivity contribution < 1.29 is 4.79 Å². The number of carbonyl (C=O) groups excluding carboxylic acids is 1. The molecular weight excluding hydrogens is 364 g/mol. The summed E-state index contributed by atoms with van der Waals surface area (Å²) in [6, 6.07) is 5.55. The third kappa shape index (κ3) is 3.37. The molecule has 5 nitrogen and oxygen atoms in total. The number of hydrogen-bond donors (Lipinski definition) is 1. The molecule has 0 aliphatic heterocycles. The Balaban J connectivity index is 1.77. The summed E-state index contributed by atoms with van der Waals surface area (Å²) in [4.78, 5) is 25.5. The number of pyridine rings is 1. The molecule has 3 aromatic heterocycles. The zero-order valence-corrected chi connectivity index (χ0v) is 13.8. The van der Waals surface area contributed by atoms with Gasteiger partial charge in [0.05, 0.1) is 22.8 Å². The zero-order chi connectivity index (χ0) is 15.4. The van der Waals surface area contributed by atoms with E-state index in [2.05, 4.69) is 36.2 Å². The maximum Gasteiger partial charge on any atom is 0.261 e. The molecule has 0 bridgehead atoms. The third-order valence-electron chi connectivity index (χ3n) is 2.92. The molecule has 3 rings (SSSR count). The molecular formula is C15H11BrN4OS. The standard InChI is InChI=1S/C15H11BrN4OS/c16-11-6-13(22-9-11)15(21)20-8-12-14(19-5-4-18-12)10-2-1-3-17-7-10/h1-7,9H,8H2,(H,20,21). The highest BCUT2D eigenvalue weighted by Crippen LogP contribution is 2.20. The number of halogens is 1. The molecule has 3 heterocycles. The maximum absolute atomic E-state index is 12.1. The molecule has 110 valence electrons. The summed E-state index contributed by atoms with van der Waals surface area (Å²) in [6.45, 7) is 0.312. The fourth-order valence-electron chi connectivity index (χ4n) is 1.92. The van der Waals surface area contributed by atoms with Gasteiger partial charge in [0.25, 0.3) is 5.91 Å². The van der Waals surface area contributed by atoms with Crippen LogP contribution in [0.5, 0.6) is 0 Å². The van der Waals surface area contributed by atoms with Crippen LogP contribution in [0.2, 0.25) is 0 Å². The van der Waals surface area contributed by atoms with E-state index in [1.165, 1.54) is 11.3 Å². The van der Waals surface area contributed by atoms with Crippen LogP contribution in [0, 0.1) is 0 Å². The van der Waals surface area contributed by atoms with Gasteiger partial charge in [0, 0.05) is 40.2 Å². The predicted octanol–water partition coefficient (Wildman–Crippen LogP) is 3.29. The van der Waals surface area contributed by atoms with E-state index in [0.717, 1.165) is 15.7 Å². The molecule has 0 saturated carbocycles. The second-order valence-corrected chi connectivity index (χ2v) is 6.23. The number of nitrogens with one attached hydrogen (secondary N) is 1. The van der Waals surface area contributed by atoms with E-state index < -0.39 is 0 Å². The average molecular weight is 375 g/mol. The first kappa shape index (κ1) is 14.8. The minimum absolute atomic E-state index is 0.126. The van der Waals surface area contributed by atoms with Gasteiger partial charge >= 0.3 is 0 Å². The molecule has 1 amide bonds. The highest BCUT2D eigenvalue weighted by atomic mass is 79.9. The number of nitrogens with zero attached hydrogens (tertiary/aromatic N) is 3. The molecule has 0 spiro atoms. The van der Waals surface area contributed by atoms with Crippen LogP contribution in [0.3, 0.4) is 0 Å². The zero-order valence-electron chi connectivity index (χ0n) is 11.4. The number of rotatable bonds is 4. The Bertz CT molecular complexity index is 791. The summed E-state index contributed by atoms with van der Waals surface area (Å²) in [5, 5.41) is 4.74. The lowest BCUT2D eigenvalue weighted by molar-refractivity contribution is 0.0954. The normalized spacial score (nSPS) is 10.4. The van der Waals surface area contributed by atoms with Crippen molar-refractivity contribution in [1.29, 1.82) is 0 Å². The van der Waals surface area contributed by atoms with Crippen LogP contribution in [0.1, 0.15) is 15.4 Å². The molecule has 0 aromatic carbocycles. The SMILES string of the molecule is O=C(NCc1nccnc1-c1cccnc1)c1cc(Br)cs1. The molecule has 0 aliphatic carbocycles. The van der Waals surface area contributed by atoms with Crippen LogP contribution in [0.4, 0.5) is 0 Å². The van der Waals surface area contributed by atoms with Crippen LogP contribution < -0.4 is 5.32 Å². The van der Waals surface area contributed by atoms with Gasteiger partial charge in [-0.3, -0.25) is 19.7 Å². The molecule has 22 heavy (non-hydrogen) atoms. The van der Waals surface area contributed by atoms with Crippen molar-refractivity contribution in [2.24, 2.45) is 0 Å². The Morgan fingerprint density at radius 1 is 1.27 bits per heavy atom. The monoisotopic (exact) mass is 374 g/mol. The summed E-state index contributed by atoms with van der Waals surface area (Å²) in [5.41, 5.74) is 2.31. The fraction of sp³-hybridized carbons (Fsp3) is 0.0667. The first-order chi connectivity index (χ1) is 10.7. The Morgan fingerprint density at radius 2 is 2.14 bits per heavy atom. The van der Waals surface area contributed by atoms with Crippen LogP contribution in [-0.4, -0.2) is 20.9 Å². The summed E-state index contributed by atoms with van der Waals surface area (Å²) in [6.07, 6.45) is 6.68. The van der Waals surface area contributed by atoms with Gasteiger partial charge < -0.3 is 5.32 Å². The lowest BCUT2D eigenvalue weighted by Gasteiger charge is -2.08. The van der Waals surface area contributed by atoms with E-state index in [9.17, 15) is 4.79 Å². The van der Waals surface area contributed by atoms with Gasteiger partial charge in [-0.1, -0.05) is 0 Å². The van der Waals surface area contributed by atoms with Gasteiger partial charge in [0.2, 0.25) is 0 Å². The van der Waals surface area contributed by atoms with Crippen LogP contribution in [0.25, 0.3) is 11.3 Å². The Kier molecular flexibility index (Phi) is 4.55. The van der Waals surface area contributed by atoms with Crippen molar-refractivity contribution >= 4 is 33.2 Å². The molecule has 0 fully saturated rings. The van der Waals surface area contributed by atoms with Gasteiger partial charge in [-0.15, -0.1) is 11.3 Å². The highest BCUT2D eigenvalue weighted by Gasteiger charge is 2.12. The summed E-state index contributed by atoms with van der Waals surface area (Å²) in [5.74, 6) is -0.126. The van der Waals surface area contributed by atoms with Crippen LogP contribution in [-0.2, 0) is 6.54 Å². The molecule has 3 aromatic rings. The topological polar surface area (TPSA) is 67.8 Å². The van der Waals surface area contributed by atoms with Gasteiger partial charge in [0.1, 0.15) is 0 Å². The summed E-state index contributed by atoms with van der Waals surface area (Å²) >= 11 is 4.73. The molecule has 0 aliphatic rings. The lowest BCUT2D eigenvalue weighted by atomic mass is 10.1. The second-order valence-electron chi connectivity index (χ2n) is 4.41. The van der Waals surface area contributed by atoms with Crippen LogP contribution >= 0.6 is 27.3 Å². The second kappa shape index (κ2) is 6.76. The van der Waals surface area contributed by atoms with Crippen molar-refractivity contribution in [1.82, 2.24) is 20.3 Å². The Morgan fingerprint density at radius 3 is 2.86 bits per heavy atom. The minimum atomic E-state index is -0.126. The van der Waals surface area contributed by atoms with E-state index in [4.69, 9.17) is 0 Å². The molecule has 1 N–H and O–H groups in total. The van der Waals surface area contributed by atoms with Crippen LogP contribution in [0.15, 0.2) is 52.8 Å². The van der Waals surface area contributed by atoms with E-state index >= 15 is 0 Å². The summed E-state index contributed by atoms with van der Waals surface area (Å²) in [7, 11) is 0. The molecule has 0 saturated heterocycles. The van der Waals surface area contributed by atoms with Crippen molar-refractivity contribution in [3.8, 4) is 11.3 Å². The number of amides is 1. The quantitative estimate of drug-likeness (QED) is 0.760. The van der Waals surface area contributed by atoms with Gasteiger partial charge in [0.15, 0.2) is 0 Å². The van der Waals surface area contributed by atoms with E-state index in [1.54, 1.807) is 30.9 Å². The van der Waals surface area contributed by atoms with Gasteiger partial charge in [-0.2, -0.15) is 0 Å². The smallest absolute Gasteiger partial charge is 0.261 e. The predicted molar refractivity (Wildman–Crippen MR) is 88.5 cm³/mol. The first-order valence-corrected chi connectivity index (χ1v) is 8.14. The lowest BCUT2D eigenvalue weighted by Crippen LogP contribution is -2.23. The van der Waals surface area contributed by atoms with E-state index in [-0.39, 0.29) is 5.91 Å². The van der Waals surface area contributed by atoms with Crippen molar-refractivity contribution in [3.05, 3.63) is 63.4 Å². The fourth-order valence-corrected chi connectivity index (χ4v) is 3.27. The number of hydrogen-bond acceptors (Lipinski definition) is 5. The largest absolute Gasteiger partial charge is 0.346 e. The molecule has 0 radical (unpaired) electrons. The molecule has 7 heteroatoms. The van der Waals surface area contributed by atoms with Gasteiger partial charge in [-0.25, -0.2) is 0 Å².